The zero-order chi connectivity index (χ0) is 14.4. The summed E-state index contributed by atoms with van der Waals surface area (Å²) in [5.74, 6) is 0.0969. The molecule has 0 bridgehead atoms. The van der Waals surface area contributed by atoms with Gasteiger partial charge in [-0.15, -0.1) is 0 Å². The first-order valence-corrected chi connectivity index (χ1v) is 7.23. The second-order valence-electron chi connectivity index (χ2n) is 5.29. The fourth-order valence-electron chi connectivity index (χ4n) is 2.26. The molecule has 4 heteroatoms. The first-order chi connectivity index (χ1) is 9.66. The van der Waals surface area contributed by atoms with Crippen molar-refractivity contribution in [2.75, 3.05) is 6.54 Å². The van der Waals surface area contributed by atoms with Crippen LogP contribution in [0.5, 0.6) is 0 Å². The second kappa shape index (κ2) is 7.10. The molecule has 0 saturated carbocycles. The summed E-state index contributed by atoms with van der Waals surface area (Å²) in [6.07, 6.45) is 4.30. The number of carbonyl (C=O) groups excluding carboxylic acids is 1. The lowest BCUT2D eigenvalue weighted by Gasteiger charge is -2.08. The minimum atomic E-state index is 0.0898. The van der Waals surface area contributed by atoms with Crippen LogP contribution >= 0.6 is 0 Å². The third-order valence-corrected chi connectivity index (χ3v) is 3.40. The summed E-state index contributed by atoms with van der Waals surface area (Å²) in [4.78, 5) is 11.5. The highest BCUT2D eigenvalue weighted by molar-refractivity contribution is 5.79. The van der Waals surface area contributed by atoms with E-state index in [1.807, 2.05) is 13.0 Å². The molecule has 0 aliphatic carbocycles. The van der Waals surface area contributed by atoms with Crippen LogP contribution in [0.1, 0.15) is 26.2 Å². The monoisotopic (exact) mass is 273 g/mol. The van der Waals surface area contributed by atoms with Crippen LogP contribution < -0.4 is 11.1 Å². The maximum Gasteiger partial charge on any atom is 0.220 e. The van der Waals surface area contributed by atoms with Gasteiger partial charge < -0.3 is 15.6 Å². The van der Waals surface area contributed by atoms with Gasteiger partial charge in [-0.05, 0) is 37.3 Å². The number of aromatic nitrogens is 1. The minimum Gasteiger partial charge on any atom is -0.356 e. The Morgan fingerprint density at radius 1 is 1.35 bits per heavy atom. The molecule has 1 unspecified atom stereocenters. The SMILES string of the molecule is CC(N)CCC(=O)NCCCn1ccc2ccccc21. The van der Waals surface area contributed by atoms with E-state index in [2.05, 4.69) is 40.3 Å². The molecule has 108 valence electrons. The summed E-state index contributed by atoms with van der Waals surface area (Å²) in [7, 11) is 0. The van der Waals surface area contributed by atoms with Crippen molar-refractivity contribution in [2.24, 2.45) is 5.73 Å². The number of carbonyl (C=O) groups is 1. The van der Waals surface area contributed by atoms with Crippen LogP contribution in [0.15, 0.2) is 36.5 Å². The van der Waals surface area contributed by atoms with E-state index in [0.717, 1.165) is 19.4 Å². The van der Waals surface area contributed by atoms with Crippen LogP contribution in [0, 0.1) is 0 Å². The Morgan fingerprint density at radius 3 is 2.95 bits per heavy atom. The Morgan fingerprint density at radius 2 is 2.15 bits per heavy atom. The lowest BCUT2D eigenvalue weighted by atomic mass is 10.2. The van der Waals surface area contributed by atoms with Crippen LogP contribution in [0.4, 0.5) is 0 Å². The summed E-state index contributed by atoms with van der Waals surface area (Å²) in [6, 6.07) is 10.5. The molecule has 1 atom stereocenters. The van der Waals surface area contributed by atoms with E-state index in [4.69, 9.17) is 5.73 Å². The van der Waals surface area contributed by atoms with Crippen molar-refractivity contribution in [3.05, 3.63) is 36.5 Å². The normalized spacial score (nSPS) is 12.5. The van der Waals surface area contributed by atoms with Gasteiger partial charge in [0.25, 0.3) is 0 Å². The first kappa shape index (κ1) is 14.6. The van der Waals surface area contributed by atoms with Crippen LogP contribution in [-0.4, -0.2) is 23.1 Å². The molecular weight excluding hydrogens is 250 g/mol. The van der Waals surface area contributed by atoms with Crippen molar-refractivity contribution in [2.45, 2.75) is 38.8 Å². The largest absolute Gasteiger partial charge is 0.356 e. The highest BCUT2D eigenvalue weighted by atomic mass is 16.1. The van der Waals surface area contributed by atoms with Crippen molar-refractivity contribution >= 4 is 16.8 Å². The minimum absolute atomic E-state index is 0.0898. The fourth-order valence-corrected chi connectivity index (χ4v) is 2.26. The number of nitrogens with two attached hydrogens (primary N) is 1. The standard InChI is InChI=1S/C16H23N3O/c1-13(17)7-8-16(20)18-10-4-11-19-12-9-14-5-2-3-6-15(14)19/h2-3,5-6,9,12-13H,4,7-8,10-11,17H2,1H3,(H,18,20). The van der Waals surface area contributed by atoms with Gasteiger partial charge in [-0.1, -0.05) is 18.2 Å². The lowest BCUT2D eigenvalue weighted by molar-refractivity contribution is -0.121. The number of hydrogen-bond donors (Lipinski definition) is 2. The van der Waals surface area contributed by atoms with Gasteiger partial charge >= 0.3 is 0 Å². The molecule has 1 aromatic heterocycles. The zero-order valence-corrected chi connectivity index (χ0v) is 12.0. The molecule has 1 aromatic carbocycles. The molecule has 0 aliphatic rings. The fraction of sp³-hybridized carbons (Fsp3) is 0.438. The summed E-state index contributed by atoms with van der Waals surface area (Å²) in [6.45, 7) is 3.55. The summed E-state index contributed by atoms with van der Waals surface area (Å²) < 4.78 is 2.23. The number of rotatable bonds is 7. The molecule has 4 nitrogen and oxygen atoms in total. The van der Waals surface area contributed by atoms with E-state index < -0.39 is 0 Å². The summed E-state index contributed by atoms with van der Waals surface area (Å²) in [5.41, 5.74) is 6.88. The van der Waals surface area contributed by atoms with Crippen LogP contribution in [0.2, 0.25) is 0 Å². The average Bonchev–Trinajstić information content (AvgIpc) is 2.85. The second-order valence-corrected chi connectivity index (χ2v) is 5.29. The lowest BCUT2D eigenvalue weighted by Crippen LogP contribution is -2.27. The number of aryl methyl sites for hydroxylation is 1. The van der Waals surface area contributed by atoms with Gasteiger partial charge in [0, 0.05) is 37.3 Å². The van der Waals surface area contributed by atoms with Gasteiger partial charge in [-0.3, -0.25) is 4.79 Å². The van der Waals surface area contributed by atoms with Gasteiger partial charge in [-0.25, -0.2) is 0 Å². The van der Waals surface area contributed by atoms with E-state index in [1.54, 1.807) is 0 Å². The third-order valence-electron chi connectivity index (χ3n) is 3.40. The molecule has 0 saturated heterocycles. The first-order valence-electron chi connectivity index (χ1n) is 7.23. The molecule has 20 heavy (non-hydrogen) atoms. The molecule has 0 aliphatic heterocycles. The van der Waals surface area contributed by atoms with Crippen LogP contribution in [0.25, 0.3) is 10.9 Å². The molecule has 2 aromatic rings. The molecule has 0 spiro atoms. The highest BCUT2D eigenvalue weighted by Crippen LogP contribution is 2.15. The number of hydrogen-bond acceptors (Lipinski definition) is 2. The average molecular weight is 273 g/mol. The van der Waals surface area contributed by atoms with Crippen molar-refractivity contribution in [1.82, 2.24) is 9.88 Å². The Hall–Kier alpha value is -1.81. The van der Waals surface area contributed by atoms with Crippen molar-refractivity contribution in [1.29, 1.82) is 0 Å². The maximum absolute atomic E-state index is 11.5. The van der Waals surface area contributed by atoms with Crippen molar-refractivity contribution in [3.63, 3.8) is 0 Å². The number of nitrogens with zero attached hydrogens (tertiary/aromatic N) is 1. The number of benzene rings is 1. The van der Waals surface area contributed by atoms with Crippen LogP contribution in [0.3, 0.4) is 0 Å². The van der Waals surface area contributed by atoms with Gasteiger partial charge in [0.1, 0.15) is 0 Å². The Bertz CT molecular complexity index is 560. The molecular formula is C16H23N3O. The van der Waals surface area contributed by atoms with Gasteiger partial charge in [0.15, 0.2) is 0 Å². The third kappa shape index (κ3) is 4.10. The summed E-state index contributed by atoms with van der Waals surface area (Å²) in [5, 5.41) is 4.20. The number of para-hydroxylation sites is 1. The van der Waals surface area contributed by atoms with Gasteiger partial charge in [0.2, 0.25) is 5.91 Å². The van der Waals surface area contributed by atoms with Crippen molar-refractivity contribution in [3.8, 4) is 0 Å². The number of fused-ring (bicyclic) bond motifs is 1. The Kier molecular flexibility index (Phi) is 5.18. The predicted octanol–water partition coefficient (Wildman–Crippen LogP) is 2.28. The Labute approximate surface area is 120 Å². The van der Waals surface area contributed by atoms with E-state index in [0.29, 0.717) is 13.0 Å². The van der Waals surface area contributed by atoms with Crippen LogP contribution in [-0.2, 0) is 11.3 Å². The number of nitrogens with one attached hydrogen (secondary N) is 1. The van der Waals surface area contributed by atoms with E-state index >= 15 is 0 Å². The smallest absolute Gasteiger partial charge is 0.220 e. The van der Waals surface area contributed by atoms with E-state index in [1.165, 1.54) is 10.9 Å². The topological polar surface area (TPSA) is 60.1 Å². The zero-order valence-electron chi connectivity index (χ0n) is 12.0. The molecule has 0 fully saturated rings. The van der Waals surface area contributed by atoms with E-state index in [9.17, 15) is 4.79 Å². The maximum atomic E-state index is 11.5. The molecule has 2 rings (SSSR count). The summed E-state index contributed by atoms with van der Waals surface area (Å²) >= 11 is 0. The predicted molar refractivity (Wildman–Crippen MR) is 82.4 cm³/mol. The molecule has 1 amide bonds. The van der Waals surface area contributed by atoms with Gasteiger partial charge in [0.05, 0.1) is 0 Å². The molecule has 0 radical (unpaired) electrons. The quantitative estimate of drug-likeness (QED) is 0.760. The number of amides is 1. The molecule has 3 N–H and O–H groups in total. The van der Waals surface area contributed by atoms with Crippen molar-refractivity contribution < 1.29 is 4.79 Å². The highest BCUT2D eigenvalue weighted by Gasteiger charge is 2.03. The van der Waals surface area contributed by atoms with Gasteiger partial charge in [-0.2, -0.15) is 0 Å². The van der Waals surface area contributed by atoms with E-state index in [-0.39, 0.29) is 11.9 Å². The molecule has 1 heterocycles. The Balaban J connectivity index is 1.72.